The molecule has 0 saturated carbocycles. The van der Waals surface area contributed by atoms with Crippen LogP contribution >= 0.6 is 10.7 Å². The lowest BCUT2D eigenvalue weighted by atomic mass is 10.2. The smallest absolute Gasteiger partial charge is 0.261 e. The van der Waals surface area contributed by atoms with Crippen LogP contribution in [0.5, 0.6) is 5.75 Å². The van der Waals surface area contributed by atoms with Gasteiger partial charge < -0.3 is 9.47 Å². The van der Waals surface area contributed by atoms with Gasteiger partial charge in [-0.2, -0.15) is 0 Å². The molecule has 1 aliphatic rings. The number of hydrogen-bond donors (Lipinski definition) is 0. The maximum absolute atomic E-state index is 11.0. The van der Waals surface area contributed by atoms with Gasteiger partial charge in [0.05, 0.1) is 11.5 Å². The van der Waals surface area contributed by atoms with E-state index >= 15 is 0 Å². The van der Waals surface area contributed by atoms with Gasteiger partial charge in [-0.3, -0.25) is 0 Å². The average Bonchev–Trinajstić information content (AvgIpc) is 2.30. The first kappa shape index (κ1) is 12.7. The first-order chi connectivity index (χ1) is 8.05. The van der Waals surface area contributed by atoms with Crippen molar-refractivity contribution in [3.63, 3.8) is 0 Å². The normalized spacial score (nSPS) is 21.1. The van der Waals surface area contributed by atoms with Gasteiger partial charge in [-0.25, -0.2) is 8.42 Å². The van der Waals surface area contributed by atoms with Gasteiger partial charge in [-0.1, -0.05) is 0 Å². The maximum Gasteiger partial charge on any atom is 0.261 e. The molecule has 94 valence electrons. The van der Waals surface area contributed by atoms with E-state index in [4.69, 9.17) is 20.2 Å². The van der Waals surface area contributed by atoms with Crippen LogP contribution in [0.4, 0.5) is 0 Å². The lowest BCUT2D eigenvalue weighted by Crippen LogP contribution is -2.24. The van der Waals surface area contributed by atoms with Crippen LogP contribution in [0.25, 0.3) is 0 Å². The Labute approximate surface area is 105 Å². The first-order valence-electron chi connectivity index (χ1n) is 5.39. The van der Waals surface area contributed by atoms with Crippen molar-refractivity contribution in [2.75, 3.05) is 6.61 Å². The largest absolute Gasteiger partial charge is 0.465 e. The summed E-state index contributed by atoms with van der Waals surface area (Å²) in [6, 6.07) is 5.99. The highest BCUT2D eigenvalue weighted by molar-refractivity contribution is 8.13. The molecule has 1 fully saturated rings. The number of halogens is 1. The van der Waals surface area contributed by atoms with Crippen LogP contribution in [0.3, 0.4) is 0 Å². The van der Waals surface area contributed by atoms with Gasteiger partial charge in [0, 0.05) is 17.1 Å². The Morgan fingerprint density at radius 1 is 1.24 bits per heavy atom. The summed E-state index contributed by atoms with van der Waals surface area (Å²) < 4.78 is 33.0. The van der Waals surface area contributed by atoms with E-state index in [1.165, 1.54) is 12.1 Å². The second kappa shape index (κ2) is 5.25. The van der Waals surface area contributed by atoms with Gasteiger partial charge in [0.15, 0.2) is 6.29 Å². The fraction of sp³-hybridized carbons (Fsp3) is 0.455. The molecule has 17 heavy (non-hydrogen) atoms. The van der Waals surface area contributed by atoms with E-state index in [-0.39, 0.29) is 11.2 Å². The molecular weight excluding hydrogens is 264 g/mol. The van der Waals surface area contributed by atoms with E-state index in [0.717, 1.165) is 19.3 Å². The molecule has 1 saturated heterocycles. The molecule has 0 N–H and O–H groups in total. The maximum atomic E-state index is 11.0. The third-order valence-corrected chi connectivity index (χ3v) is 3.88. The molecule has 1 heterocycles. The van der Waals surface area contributed by atoms with E-state index in [1.807, 2.05) is 0 Å². The van der Waals surface area contributed by atoms with Crippen LogP contribution in [0, 0.1) is 0 Å². The summed E-state index contributed by atoms with van der Waals surface area (Å²) in [5.74, 6) is 0.584. The molecule has 0 spiro atoms. The van der Waals surface area contributed by atoms with Crippen LogP contribution in [-0.4, -0.2) is 21.3 Å². The molecule has 1 aromatic rings. The number of rotatable bonds is 3. The molecule has 2 rings (SSSR count). The Balaban J connectivity index is 2.03. The minimum Gasteiger partial charge on any atom is -0.465 e. The molecule has 1 aromatic carbocycles. The lowest BCUT2D eigenvalue weighted by molar-refractivity contribution is -0.105. The predicted molar refractivity (Wildman–Crippen MR) is 63.7 cm³/mol. The first-order valence-corrected chi connectivity index (χ1v) is 7.69. The highest BCUT2D eigenvalue weighted by Crippen LogP contribution is 2.22. The van der Waals surface area contributed by atoms with Gasteiger partial charge in [0.2, 0.25) is 0 Å². The summed E-state index contributed by atoms with van der Waals surface area (Å²) in [6.07, 6.45) is 2.76. The fourth-order valence-electron chi connectivity index (χ4n) is 1.64. The zero-order chi connectivity index (χ0) is 12.3. The van der Waals surface area contributed by atoms with Gasteiger partial charge in [-0.05, 0) is 37.1 Å². The quantitative estimate of drug-likeness (QED) is 0.796. The highest BCUT2D eigenvalue weighted by atomic mass is 35.7. The standard InChI is InChI=1S/C11H13ClO4S/c12-17(13,14)10-6-4-9(5-7-10)16-11-3-1-2-8-15-11/h4-7,11H,1-3,8H2. The number of ether oxygens (including phenoxy) is 2. The SMILES string of the molecule is O=S(=O)(Cl)c1ccc(OC2CCCCO2)cc1. The van der Waals surface area contributed by atoms with Crippen molar-refractivity contribution in [3.05, 3.63) is 24.3 Å². The summed E-state index contributed by atoms with van der Waals surface area (Å²) in [7, 11) is 1.54. The second-order valence-corrected chi connectivity index (χ2v) is 6.39. The van der Waals surface area contributed by atoms with Gasteiger partial charge >= 0.3 is 0 Å². The fourth-order valence-corrected chi connectivity index (χ4v) is 2.41. The van der Waals surface area contributed by atoms with Crippen LogP contribution in [0.1, 0.15) is 19.3 Å². The zero-order valence-electron chi connectivity index (χ0n) is 9.13. The van der Waals surface area contributed by atoms with E-state index in [9.17, 15) is 8.42 Å². The summed E-state index contributed by atoms with van der Waals surface area (Å²) in [5, 5.41) is 0. The molecular formula is C11H13ClO4S. The van der Waals surface area contributed by atoms with Crippen molar-refractivity contribution in [3.8, 4) is 5.75 Å². The Morgan fingerprint density at radius 2 is 1.94 bits per heavy atom. The van der Waals surface area contributed by atoms with Crippen molar-refractivity contribution in [2.24, 2.45) is 0 Å². The second-order valence-electron chi connectivity index (χ2n) is 3.82. The minimum absolute atomic E-state index is 0.0658. The molecule has 0 bridgehead atoms. The van der Waals surface area contributed by atoms with Crippen molar-refractivity contribution in [1.29, 1.82) is 0 Å². The van der Waals surface area contributed by atoms with Crippen molar-refractivity contribution in [2.45, 2.75) is 30.4 Å². The van der Waals surface area contributed by atoms with E-state index < -0.39 is 9.05 Å². The summed E-state index contributed by atoms with van der Waals surface area (Å²) in [6.45, 7) is 0.707. The van der Waals surface area contributed by atoms with Crippen molar-refractivity contribution in [1.82, 2.24) is 0 Å². The number of hydrogen-bond acceptors (Lipinski definition) is 4. The van der Waals surface area contributed by atoms with E-state index in [2.05, 4.69) is 0 Å². The molecule has 0 aromatic heterocycles. The molecule has 6 heteroatoms. The van der Waals surface area contributed by atoms with Crippen LogP contribution in [0.15, 0.2) is 29.2 Å². The molecule has 0 aliphatic carbocycles. The monoisotopic (exact) mass is 276 g/mol. The molecule has 4 nitrogen and oxygen atoms in total. The molecule has 0 amide bonds. The van der Waals surface area contributed by atoms with E-state index in [0.29, 0.717) is 12.4 Å². The Hall–Kier alpha value is -0.780. The highest BCUT2D eigenvalue weighted by Gasteiger charge is 2.15. The van der Waals surface area contributed by atoms with Gasteiger partial charge in [0.25, 0.3) is 9.05 Å². The van der Waals surface area contributed by atoms with E-state index in [1.54, 1.807) is 12.1 Å². The number of benzene rings is 1. The lowest BCUT2D eigenvalue weighted by Gasteiger charge is -2.23. The molecule has 1 aliphatic heterocycles. The Kier molecular flexibility index (Phi) is 3.91. The third kappa shape index (κ3) is 3.59. The van der Waals surface area contributed by atoms with Crippen LogP contribution in [-0.2, 0) is 13.8 Å². The van der Waals surface area contributed by atoms with Crippen molar-refractivity contribution >= 4 is 19.7 Å². The van der Waals surface area contributed by atoms with Crippen LogP contribution in [0.2, 0.25) is 0 Å². The van der Waals surface area contributed by atoms with Gasteiger partial charge in [0.1, 0.15) is 5.75 Å². The van der Waals surface area contributed by atoms with Crippen molar-refractivity contribution < 1.29 is 17.9 Å². The summed E-state index contributed by atoms with van der Waals surface area (Å²) >= 11 is 0. The Morgan fingerprint density at radius 3 is 2.47 bits per heavy atom. The summed E-state index contributed by atoms with van der Waals surface area (Å²) in [4.78, 5) is 0.0658. The van der Waals surface area contributed by atoms with Crippen LogP contribution < -0.4 is 4.74 Å². The topological polar surface area (TPSA) is 52.6 Å². The molecule has 0 radical (unpaired) electrons. The average molecular weight is 277 g/mol. The summed E-state index contributed by atoms with van der Waals surface area (Å²) in [5.41, 5.74) is 0. The third-order valence-electron chi connectivity index (χ3n) is 2.51. The van der Waals surface area contributed by atoms with Gasteiger partial charge in [-0.15, -0.1) is 0 Å². The zero-order valence-corrected chi connectivity index (χ0v) is 10.7. The molecule has 1 unspecified atom stereocenters. The minimum atomic E-state index is -3.67. The predicted octanol–water partition coefficient (Wildman–Crippen LogP) is 2.52. The Bertz CT molecular complexity index is 463. The molecule has 1 atom stereocenters.